The molecule has 2 aromatic heterocycles. The second kappa shape index (κ2) is 11.9. The van der Waals surface area contributed by atoms with Crippen molar-refractivity contribution < 1.29 is 4.42 Å². The largest absolute Gasteiger partial charge is 0.455 e. The Morgan fingerprint density at radius 2 is 0.863 bits per heavy atom. The van der Waals surface area contributed by atoms with E-state index in [0.29, 0.717) is 17.5 Å². The SMILES string of the molecule is c1ccc(-c2nc(-c3ccccc3)nc(-c3ccc(-c4cc5cccc(-c6ccccc6)c5c5oc6ccccc6c45)c4ccccc34)n2)cc1. The van der Waals surface area contributed by atoms with Crippen LogP contribution in [-0.4, -0.2) is 15.0 Å². The topological polar surface area (TPSA) is 51.8 Å². The molecule has 10 rings (SSSR count). The van der Waals surface area contributed by atoms with E-state index in [1.54, 1.807) is 0 Å². The highest BCUT2D eigenvalue weighted by atomic mass is 16.3. The van der Waals surface area contributed by atoms with Crippen molar-refractivity contribution in [2.24, 2.45) is 0 Å². The third-order valence-corrected chi connectivity index (χ3v) is 9.73. The normalized spacial score (nSPS) is 11.5. The van der Waals surface area contributed by atoms with Gasteiger partial charge in [-0.05, 0) is 56.6 Å². The van der Waals surface area contributed by atoms with E-state index in [2.05, 4.69) is 109 Å². The third-order valence-electron chi connectivity index (χ3n) is 9.73. The molecule has 0 saturated carbocycles. The molecular weight excluding hydrogens is 623 g/mol. The lowest BCUT2D eigenvalue weighted by Crippen LogP contribution is -2.00. The number of fused-ring (bicyclic) bond motifs is 6. The van der Waals surface area contributed by atoms with Crippen LogP contribution < -0.4 is 0 Å². The Kier molecular flexibility index (Phi) is 6.78. The molecule has 8 aromatic carbocycles. The van der Waals surface area contributed by atoms with Gasteiger partial charge in [-0.1, -0.05) is 158 Å². The standard InChI is InChI=1S/C47H29N3O/c1-4-15-30(16-5-1)34-25-14-21-33-29-40(43-39-24-12-13-26-41(39)51-44(43)42(33)34)37-27-28-38(36-23-11-10-22-35(36)37)47-49-45(31-17-6-2-7-18-31)48-46(50-47)32-19-8-3-9-20-32/h1-29H. The molecular formula is C47H29N3O. The maximum atomic E-state index is 6.78. The Labute approximate surface area is 294 Å². The molecule has 0 N–H and O–H groups in total. The van der Waals surface area contributed by atoms with Crippen LogP contribution in [0.1, 0.15) is 0 Å². The van der Waals surface area contributed by atoms with Crippen LogP contribution in [0, 0.1) is 0 Å². The Morgan fingerprint density at radius 3 is 1.53 bits per heavy atom. The quantitative estimate of drug-likeness (QED) is 0.186. The number of benzene rings is 8. The molecule has 4 nitrogen and oxygen atoms in total. The van der Waals surface area contributed by atoms with Crippen molar-refractivity contribution in [3.05, 3.63) is 176 Å². The molecule has 0 aliphatic heterocycles. The van der Waals surface area contributed by atoms with E-state index >= 15 is 0 Å². The van der Waals surface area contributed by atoms with Gasteiger partial charge in [0.2, 0.25) is 0 Å². The van der Waals surface area contributed by atoms with E-state index in [1.165, 1.54) is 0 Å². The minimum Gasteiger partial charge on any atom is -0.455 e. The van der Waals surface area contributed by atoms with Gasteiger partial charge in [-0.3, -0.25) is 0 Å². The van der Waals surface area contributed by atoms with Crippen LogP contribution in [-0.2, 0) is 0 Å². The Bertz CT molecular complexity index is 2840. The minimum atomic E-state index is 0.635. The average molecular weight is 652 g/mol. The zero-order valence-corrected chi connectivity index (χ0v) is 27.5. The Balaban J connectivity index is 1.24. The van der Waals surface area contributed by atoms with Gasteiger partial charge in [0.1, 0.15) is 11.2 Å². The Hall–Kier alpha value is -6.91. The van der Waals surface area contributed by atoms with Crippen LogP contribution in [0.2, 0.25) is 0 Å². The summed E-state index contributed by atoms with van der Waals surface area (Å²) in [6.07, 6.45) is 0. The predicted molar refractivity (Wildman–Crippen MR) is 209 cm³/mol. The van der Waals surface area contributed by atoms with Gasteiger partial charge >= 0.3 is 0 Å². The minimum absolute atomic E-state index is 0.635. The molecule has 0 atom stereocenters. The number of hydrogen-bond donors (Lipinski definition) is 0. The van der Waals surface area contributed by atoms with Gasteiger partial charge in [-0.2, -0.15) is 0 Å². The van der Waals surface area contributed by atoms with Gasteiger partial charge in [0, 0.05) is 32.8 Å². The third kappa shape index (κ3) is 4.88. The number of aromatic nitrogens is 3. The van der Waals surface area contributed by atoms with Crippen molar-refractivity contribution >= 4 is 43.5 Å². The van der Waals surface area contributed by atoms with Gasteiger partial charge < -0.3 is 4.42 Å². The maximum absolute atomic E-state index is 6.78. The number of para-hydroxylation sites is 1. The van der Waals surface area contributed by atoms with E-state index in [4.69, 9.17) is 19.4 Å². The fourth-order valence-corrected chi connectivity index (χ4v) is 7.39. The fraction of sp³-hybridized carbons (Fsp3) is 0. The Morgan fingerprint density at radius 1 is 0.333 bits per heavy atom. The van der Waals surface area contributed by atoms with Crippen molar-refractivity contribution in [3.63, 3.8) is 0 Å². The molecule has 238 valence electrons. The second-order valence-electron chi connectivity index (χ2n) is 12.7. The summed E-state index contributed by atoms with van der Waals surface area (Å²) in [5, 5.41) is 6.63. The highest BCUT2D eigenvalue weighted by Crippen LogP contribution is 2.46. The number of nitrogens with zero attached hydrogens (tertiary/aromatic N) is 3. The zero-order chi connectivity index (χ0) is 33.7. The second-order valence-corrected chi connectivity index (χ2v) is 12.7. The summed E-state index contributed by atoms with van der Waals surface area (Å²) in [4.78, 5) is 15.1. The van der Waals surface area contributed by atoms with Crippen LogP contribution in [0.25, 0.3) is 99.9 Å². The predicted octanol–water partition coefficient (Wildman–Crippen LogP) is 12.4. The summed E-state index contributed by atoms with van der Waals surface area (Å²) in [7, 11) is 0. The van der Waals surface area contributed by atoms with Gasteiger partial charge in [0.15, 0.2) is 17.5 Å². The first-order valence-electron chi connectivity index (χ1n) is 17.1. The summed E-state index contributed by atoms with van der Waals surface area (Å²) < 4.78 is 6.78. The summed E-state index contributed by atoms with van der Waals surface area (Å²) in [6.45, 7) is 0. The molecule has 4 heteroatoms. The molecule has 2 heterocycles. The highest BCUT2D eigenvalue weighted by molar-refractivity contribution is 6.25. The first kappa shape index (κ1) is 29.0. The van der Waals surface area contributed by atoms with Gasteiger partial charge in [0.05, 0.1) is 0 Å². The number of hydrogen-bond acceptors (Lipinski definition) is 4. The van der Waals surface area contributed by atoms with Crippen LogP contribution in [0.15, 0.2) is 180 Å². The molecule has 0 radical (unpaired) electrons. The lowest BCUT2D eigenvalue weighted by Gasteiger charge is -2.15. The molecule has 51 heavy (non-hydrogen) atoms. The first-order valence-corrected chi connectivity index (χ1v) is 17.1. The van der Waals surface area contributed by atoms with Crippen molar-refractivity contribution in [2.75, 3.05) is 0 Å². The lowest BCUT2D eigenvalue weighted by atomic mass is 9.88. The van der Waals surface area contributed by atoms with E-state index in [1.807, 2.05) is 66.7 Å². The van der Waals surface area contributed by atoms with Crippen LogP contribution in [0.4, 0.5) is 0 Å². The summed E-state index contributed by atoms with van der Waals surface area (Å²) in [5.41, 5.74) is 9.17. The van der Waals surface area contributed by atoms with Crippen molar-refractivity contribution in [1.82, 2.24) is 15.0 Å². The summed E-state index contributed by atoms with van der Waals surface area (Å²) in [6, 6.07) is 60.9. The van der Waals surface area contributed by atoms with Crippen LogP contribution in [0.5, 0.6) is 0 Å². The van der Waals surface area contributed by atoms with Crippen molar-refractivity contribution in [2.45, 2.75) is 0 Å². The van der Waals surface area contributed by atoms with Crippen molar-refractivity contribution in [1.29, 1.82) is 0 Å². The zero-order valence-electron chi connectivity index (χ0n) is 27.5. The number of furan rings is 1. The van der Waals surface area contributed by atoms with E-state index in [-0.39, 0.29) is 0 Å². The summed E-state index contributed by atoms with van der Waals surface area (Å²) in [5.74, 6) is 1.92. The average Bonchev–Trinajstić information content (AvgIpc) is 3.61. The van der Waals surface area contributed by atoms with Crippen molar-refractivity contribution in [3.8, 4) is 56.4 Å². The first-order chi connectivity index (χ1) is 25.3. The van der Waals surface area contributed by atoms with Gasteiger partial charge in [0.25, 0.3) is 0 Å². The number of rotatable bonds is 5. The molecule has 0 unspecified atom stereocenters. The molecule has 0 bridgehead atoms. The van der Waals surface area contributed by atoms with Gasteiger partial charge in [-0.15, -0.1) is 0 Å². The van der Waals surface area contributed by atoms with E-state index < -0.39 is 0 Å². The lowest BCUT2D eigenvalue weighted by molar-refractivity contribution is 0.673. The molecule has 0 saturated heterocycles. The summed E-state index contributed by atoms with van der Waals surface area (Å²) >= 11 is 0. The molecule has 10 aromatic rings. The maximum Gasteiger partial charge on any atom is 0.164 e. The molecule has 0 aliphatic carbocycles. The molecule has 0 amide bonds. The van der Waals surface area contributed by atoms with E-state index in [9.17, 15) is 0 Å². The van der Waals surface area contributed by atoms with Crippen LogP contribution >= 0.6 is 0 Å². The monoisotopic (exact) mass is 651 g/mol. The molecule has 0 spiro atoms. The molecule has 0 fully saturated rings. The van der Waals surface area contributed by atoms with E-state index in [0.717, 1.165) is 82.4 Å². The molecule has 0 aliphatic rings. The van der Waals surface area contributed by atoms with Crippen LogP contribution in [0.3, 0.4) is 0 Å². The fourth-order valence-electron chi connectivity index (χ4n) is 7.39. The smallest absolute Gasteiger partial charge is 0.164 e. The highest BCUT2D eigenvalue weighted by Gasteiger charge is 2.21. The van der Waals surface area contributed by atoms with Gasteiger partial charge in [-0.25, -0.2) is 15.0 Å².